The molecule has 0 spiro atoms. The number of sulfonamides is 1. The van der Waals surface area contributed by atoms with Gasteiger partial charge in [0.25, 0.3) is 0 Å². The molecule has 7 heteroatoms. The second kappa shape index (κ2) is 9.83. The van der Waals surface area contributed by atoms with Gasteiger partial charge in [0, 0.05) is 19.6 Å². The zero-order chi connectivity index (χ0) is 22.6. The number of methoxy groups -OCH3 is 1. The van der Waals surface area contributed by atoms with Crippen molar-refractivity contribution in [3.05, 3.63) is 58.7 Å². The molecule has 2 aromatic carbocycles. The number of nitrogens with zero attached hydrogens (tertiary/aromatic N) is 1. The lowest BCUT2D eigenvalue weighted by Crippen LogP contribution is -2.46. The van der Waals surface area contributed by atoms with Gasteiger partial charge in [0.1, 0.15) is 5.75 Å². The summed E-state index contributed by atoms with van der Waals surface area (Å²) < 4.78 is 33.3. The molecule has 1 fully saturated rings. The van der Waals surface area contributed by atoms with Crippen LogP contribution in [0, 0.1) is 26.7 Å². The Balaban J connectivity index is 1.62. The third-order valence-electron chi connectivity index (χ3n) is 5.83. The average molecular weight is 445 g/mol. The van der Waals surface area contributed by atoms with Crippen LogP contribution in [-0.4, -0.2) is 45.4 Å². The van der Waals surface area contributed by atoms with Gasteiger partial charge in [-0.1, -0.05) is 29.8 Å². The fraction of sp³-hybridized carbons (Fsp3) is 0.458. The molecule has 6 nitrogen and oxygen atoms in total. The highest BCUT2D eigenvalue weighted by atomic mass is 32.2. The Kier molecular flexibility index (Phi) is 7.38. The number of amides is 1. The van der Waals surface area contributed by atoms with Gasteiger partial charge >= 0.3 is 0 Å². The smallest absolute Gasteiger partial charge is 0.243 e. The third-order valence-corrected chi connectivity index (χ3v) is 8.00. The van der Waals surface area contributed by atoms with E-state index in [0.29, 0.717) is 37.2 Å². The number of aryl methyl sites for hydroxylation is 3. The van der Waals surface area contributed by atoms with Gasteiger partial charge in [-0.15, -0.1) is 0 Å². The second-order valence-electron chi connectivity index (χ2n) is 8.32. The van der Waals surface area contributed by atoms with Crippen molar-refractivity contribution in [1.82, 2.24) is 9.62 Å². The van der Waals surface area contributed by atoms with Crippen molar-refractivity contribution in [1.29, 1.82) is 0 Å². The molecule has 1 amide bonds. The molecular formula is C24H32N2O4S. The van der Waals surface area contributed by atoms with Gasteiger partial charge in [0.05, 0.1) is 17.9 Å². The minimum Gasteiger partial charge on any atom is -0.497 e. The highest BCUT2D eigenvalue weighted by Crippen LogP contribution is 2.29. The summed E-state index contributed by atoms with van der Waals surface area (Å²) in [6, 6.07) is 11.5. The number of carbonyl (C=O) groups excluding carboxylic acids is 1. The number of nitrogens with one attached hydrogen (secondary N) is 1. The Bertz CT molecular complexity index is 1010. The topological polar surface area (TPSA) is 75.7 Å². The Morgan fingerprint density at radius 3 is 2.39 bits per heavy atom. The fourth-order valence-electron chi connectivity index (χ4n) is 4.34. The molecule has 1 N–H and O–H groups in total. The molecule has 1 aliphatic rings. The van der Waals surface area contributed by atoms with E-state index in [0.717, 1.165) is 28.0 Å². The molecule has 3 rings (SSSR count). The molecule has 1 atom stereocenters. The van der Waals surface area contributed by atoms with E-state index in [1.807, 2.05) is 57.2 Å². The van der Waals surface area contributed by atoms with Crippen LogP contribution in [0.25, 0.3) is 0 Å². The molecule has 31 heavy (non-hydrogen) atoms. The van der Waals surface area contributed by atoms with Gasteiger partial charge in [-0.2, -0.15) is 4.31 Å². The van der Waals surface area contributed by atoms with Crippen LogP contribution < -0.4 is 10.1 Å². The number of hydrogen-bond donors (Lipinski definition) is 1. The lowest BCUT2D eigenvalue weighted by Gasteiger charge is -2.32. The van der Waals surface area contributed by atoms with Crippen LogP contribution in [0.3, 0.4) is 0 Å². The number of rotatable bonds is 7. The van der Waals surface area contributed by atoms with Gasteiger partial charge in [0.2, 0.25) is 15.9 Å². The summed E-state index contributed by atoms with van der Waals surface area (Å²) >= 11 is 0. The van der Waals surface area contributed by atoms with Gasteiger partial charge in [-0.3, -0.25) is 4.79 Å². The van der Waals surface area contributed by atoms with Crippen LogP contribution >= 0.6 is 0 Å². The summed E-state index contributed by atoms with van der Waals surface area (Å²) in [5, 5.41) is 2.98. The summed E-state index contributed by atoms with van der Waals surface area (Å²) in [5.41, 5.74) is 3.66. The van der Waals surface area contributed by atoms with Crippen LogP contribution in [0.2, 0.25) is 0 Å². The molecule has 0 aromatic heterocycles. The first kappa shape index (κ1) is 23.3. The molecule has 0 saturated carbocycles. The predicted octanol–water partition coefficient (Wildman–Crippen LogP) is 3.38. The Morgan fingerprint density at radius 2 is 1.77 bits per heavy atom. The SMILES string of the molecule is COc1ccc(CCNC(=O)[C@@H]2CCCN(S(=O)(=O)c3c(C)cc(C)cc3C)C2)cc1. The van der Waals surface area contributed by atoms with Crippen molar-refractivity contribution in [2.75, 3.05) is 26.7 Å². The average Bonchev–Trinajstić information content (AvgIpc) is 2.73. The Hall–Kier alpha value is -2.38. The largest absolute Gasteiger partial charge is 0.497 e. The van der Waals surface area contributed by atoms with Crippen LogP contribution in [0.4, 0.5) is 0 Å². The zero-order valence-electron chi connectivity index (χ0n) is 18.8. The number of piperidine rings is 1. The Morgan fingerprint density at radius 1 is 1.13 bits per heavy atom. The first-order chi connectivity index (χ1) is 14.7. The van der Waals surface area contributed by atoms with Gasteiger partial charge < -0.3 is 10.1 Å². The summed E-state index contributed by atoms with van der Waals surface area (Å²) in [6.45, 7) is 6.82. The summed E-state index contributed by atoms with van der Waals surface area (Å²) in [4.78, 5) is 13.1. The summed E-state index contributed by atoms with van der Waals surface area (Å²) in [6.07, 6.45) is 2.10. The standard InChI is InChI=1S/C24H32N2O4S/c1-17-14-18(2)23(19(3)15-17)31(28,29)26-13-5-6-21(16-26)24(27)25-12-11-20-7-9-22(30-4)10-8-20/h7-10,14-15,21H,5-6,11-13,16H2,1-4H3,(H,25,27)/t21-/m1/s1. The second-order valence-corrected chi connectivity index (χ2v) is 10.2. The first-order valence-corrected chi connectivity index (χ1v) is 12.1. The van der Waals surface area contributed by atoms with E-state index >= 15 is 0 Å². The fourth-order valence-corrected chi connectivity index (χ4v) is 6.28. The first-order valence-electron chi connectivity index (χ1n) is 10.7. The van der Waals surface area contributed by atoms with Crippen LogP contribution in [0.1, 0.15) is 35.1 Å². The number of ether oxygens (including phenoxy) is 1. The molecule has 2 aromatic rings. The maximum atomic E-state index is 13.3. The van der Waals surface area contributed by atoms with Crippen molar-refractivity contribution in [3.8, 4) is 5.75 Å². The van der Waals surface area contributed by atoms with E-state index in [1.165, 1.54) is 4.31 Å². The van der Waals surface area contributed by atoms with E-state index in [2.05, 4.69) is 5.32 Å². The third kappa shape index (κ3) is 5.46. The summed E-state index contributed by atoms with van der Waals surface area (Å²) in [7, 11) is -2.01. The van der Waals surface area contributed by atoms with Gasteiger partial charge in [0.15, 0.2) is 0 Å². The highest BCUT2D eigenvalue weighted by Gasteiger charge is 2.34. The van der Waals surface area contributed by atoms with E-state index in [-0.39, 0.29) is 18.4 Å². The van der Waals surface area contributed by atoms with Crippen molar-refractivity contribution in [2.45, 2.75) is 44.9 Å². The predicted molar refractivity (Wildman–Crippen MR) is 122 cm³/mol. The van der Waals surface area contributed by atoms with E-state index in [4.69, 9.17) is 4.74 Å². The van der Waals surface area contributed by atoms with Crippen molar-refractivity contribution in [2.24, 2.45) is 5.92 Å². The summed E-state index contributed by atoms with van der Waals surface area (Å²) in [5.74, 6) is 0.395. The van der Waals surface area contributed by atoms with Crippen molar-refractivity contribution in [3.63, 3.8) is 0 Å². The molecule has 0 aliphatic carbocycles. The molecule has 1 aliphatic heterocycles. The maximum Gasteiger partial charge on any atom is 0.243 e. The number of hydrogen-bond acceptors (Lipinski definition) is 4. The lowest BCUT2D eigenvalue weighted by molar-refractivity contribution is -0.126. The number of carbonyl (C=O) groups is 1. The van der Waals surface area contributed by atoms with Gasteiger partial charge in [-0.25, -0.2) is 8.42 Å². The quantitative estimate of drug-likeness (QED) is 0.710. The van der Waals surface area contributed by atoms with E-state index < -0.39 is 10.0 Å². The number of benzene rings is 2. The molecular weight excluding hydrogens is 412 g/mol. The normalized spacial score (nSPS) is 17.4. The van der Waals surface area contributed by atoms with Crippen LogP contribution in [-0.2, 0) is 21.2 Å². The monoisotopic (exact) mass is 444 g/mol. The zero-order valence-corrected chi connectivity index (χ0v) is 19.6. The molecule has 1 saturated heterocycles. The maximum absolute atomic E-state index is 13.3. The van der Waals surface area contributed by atoms with E-state index in [1.54, 1.807) is 7.11 Å². The van der Waals surface area contributed by atoms with Gasteiger partial charge in [-0.05, 0) is 68.9 Å². The lowest BCUT2D eigenvalue weighted by atomic mass is 9.99. The minimum atomic E-state index is -3.64. The molecule has 1 heterocycles. The van der Waals surface area contributed by atoms with Crippen LogP contribution in [0.15, 0.2) is 41.3 Å². The molecule has 168 valence electrons. The Labute approximate surface area is 185 Å². The molecule has 0 unspecified atom stereocenters. The van der Waals surface area contributed by atoms with E-state index in [9.17, 15) is 13.2 Å². The van der Waals surface area contributed by atoms with Crippen molar-refractivity contribution < 1.29 is 17.9 Å². The molecule has 0 radical (unpaired) electrons. The van der Waals surface area contributed by atoms with Crippen LogP contribution in [0.5, 0.6) is 5.75 Å². The minimum absolute atomic E-state index is 0.0780. The highest BCUT2D eigenvalue weighted by molar-refractivity contribution is 7.89. The molecule has 0 bridgehead atoms. The van der Waals surface area contributed by atoms with Crippen molar-refractivity contribution >= 4 is 15.9 Å².